The lowest BCUT2D eigenvalue weighted by molar-refractivity contribution is 0.0588. The van der Waals surface area contributed by atoms with Crippen LogP contribution in [-0.4, -0.2) is 65.3 Å². The second-order valence-corrected chi connectivity index (χ2v) is 9.75. The smallest absolute Gasteiger partial charge is 0.272 e. The Hall–Kier alpha value is -3.38. The minimum atomic E-state index is 0.0428. The molecule has 1 saturated heterocycles. The molecule has 0 saturated carbocycles. The van der Waals surface area contributed by atoms with E-state index in [9.17, 15) is 4.79 Å². The van der Waals surface area contributed by atoms with E-state index in [0.29, 0.717) is 11.6 Å². The predicted molar refractivity (Wildman–Crippen MR) is 145 cm³/mol. The van der Waals surface area contributed by atoms with E-state index >= 15 is 0 Å². The van der Waals surface area contributed by atoms with Crippen molar-refractivity contribution in [3.8, 4) is 5.75 Å². The Kier molecular flexibility index (Phi) is 8.60. The third kappa shape index (κ3) is 6.24. The Balaban J connectivity index is 1.42. The van der Waals surface area contributed by atoms with Gasteiger partial charge in [-0.3, -0.25) is 14.4 Å². The van der Waals surface area contributed by atoms with Crippen LogP contribution in [0.4, 0.5) is 0 Å². The molecule has 6 nitrogen and oxygen atoms in total. The molecule has 190 valence electrons. The third-order valence-electron chi connectivity index (χ3n) is 7.30. The van der Waals surface area contributed by atoms with Crippen LogP contribution in [0.1, 0.15) is 40.2 Å². The van der Waals surface area contributed by atoms with Crippen molar-refractivity contribution in [1.29, 1.82) is 0 Å². The molecule has 3 aromatic rings. The number of para-hydroxylation sites is 1. The highest BCUT2D eigenvalue weighted by molar-refractivity contribution is 5.92. The lowest BCUT2D eigenvalue weighted by Crippen LogP contribution is -2.47. The van der Waals surface area contributed by atoms with E-state index in [1.165, 1.54) is 5.56 Å². The van der Waals surface area contributed by atoms with Crippen molar-refractivity contribution in [1.82, 2.24) is 19.6 Å². The van der Waals surface area contributed by atoms with Crippen molar-refractivity contribution in [3.63, 3.8) is 0 Å². The van der Waals surface area contributed by atoms with Gasteiger partial charge < -0.3 is 9.64 Å². The van der Waals surface area contributed by atoms with Gasteiger partial charge in [0, 0.05) is 32.2 Å². The third-order valence-corrected chi connectivity index (χ3v) is 7.30. The van der Waals surface area contributed by atoms with Crippen LogP contribution in [-0.2, 0) is 13.5 Å². The van der Waals surface area contributed by atoms with E-state index in [1.807, 2.05) is 56.3 Å². The minimum Gasteiger partial charge on any atom is -0.496 e. The number of carbonyl (C=O) groups is 1. The number of rotatable bonds is 9. The van der Waals surface area contributed by atoms with Crippen LogP contribution in [0.3, 0.4) is 0 Å². The van der Waals surface area contributed by atoms with Gasteiger partial charge in [0.05, 0.1) is 12.8 Å². The number of amides is 1. The zero-order valence-corrected chi connectivity index (χ0v) is 21.9. The number of methoxy groups -OCH3 is 1. The second-order valence-electron chi connectivity index (χ2n) is 9.75. The molecule has 0 unspecified atom stereocenters. The lowest BCUT2D eigenvalue weighted by atomic mass is 9.85. The molecule has 2 heterocycles. The van der Waals surface area contributed by atoms with Crippen molar-refractivity contribution in [2.45, 2.75) is 32.2 Å². The summed E-state index contributed by atoms with van der Waals surface area (Å²) in [6, 6.07) is 20.6. The molecule has 2 aromatic carbocycles. The molecule has 1 atom stereocenters. The van der Waals surface area contributed by atoms with Gasteiger partial charge in [0.15, 0.2) is 0 Å². The van der Waals surface area contributed by atoms with Crippen LogP contribution < -0.4 is 4.74 Å². The van der Waals surface area contributed by atoms with Crippen molar-refractivity contribution in [3.05, 3.63) is 89.3 Å². The summed E-state index contributed by atoms with van der Waals surface area (Å²) < 4.78 is 7.16. The van der Waals surface area contributed by atoms with E-state index in [0.717, 1.165) is 55.9 Å². The molecule has 1 aliphatic heterocycles. The van der Waals surface area contributed by atoms with Crippen molar-refractivity contribution >= 4 is 12.0 Å². The maximum absolute atomic E-state index is 13.5. The summed E-state index contributed by atoms with van der Waals surface area (Å²) in [5.74, 6) is 1.39. The average Bonchev–Trinajstić information content (AvgIpc) is 3.25. The molecule has 4 rings (SSSR count). The van der Waals surface area contributed by atoms with Crippen molar-refractivity contribution in [2.24, 2.45) is 13.0 Å². The molecule has 1 fully saturated rings. The summed E-state index contributed by atoms with van der Waals surface area (Å²) in [5, 5.41) is 4.39. The first-order valence-electron chi connectivity index (χ1n) is 12.8. The monoisotopic (exact) mass is 486 g/mol. The maximum Gasteiger partial charge on any atom is 0.272 e. The largest absolute Gasteiger partial charge is 0.496 e. The Morgan fingerprint density at radius 3 is 2.50 bits per heavy atom. The molecule has 0 aliphatic carbocycles. The van der Waals surface area contributed by atoms with Gasteiger partial charge in [-0.25, -0.2) is 0 Å². The molecular weight excluding hydrogens is 448 g/mol. The SMILES string of the molecule is COc1ccccc1/C=C/CN1CCC([C@@H](Cc2ccccc2)N(C)C(=O)c2cc(C)nn2C)CC1. The number of likely N-dealkylation sites (N-methyl/N-ethyl adjacent to an activating group) is 1. The number of likely N-dealkylation sites (tertiary alicyclic amines) is 1. The number of aryl methyl sites for hydroxylation is 2. The van der Waals surface area contributed by atoms with E-state index in [4.69, 9.17) is 4.74 Å². The van der Waals surface area contributed by atoms with Crippen LogP contribution >= 0.6 is 0 Å². The summed E-state index contributed by atoms with van der Waals surface area (Å²) in [7, 11) is 5.51. The quantitative estimate of drug-likeness (QED) is 0.434. The van der Waals surface area contributed by atoms with E-state index < -0.39 is 0 Å². The van der Waals surface area contributed by atoms with Crippen LogP contribution in [0.25, 0.3) is 6.08 Å². The Morgan fingerprint density at radius 1 is 1.14 bits per heavy atom. The van der Waals surface area contributed by atoms with Crippen LogP contribution in [0.5, 0.6) is 5.75 Å². The van der Waals surface area contributed by atoms with Gasteiger partial charge in [-0.15, -0.1) is 0 Å². The average molecular weight is 487 g/mol. The number of aromatic nitrogens is 2. The maximum atomic E-state index is 13.5. The predicted octanol–water partition coefficient (Wildman–Crippen LogP) is 4.85. The molecule has 1 amide bonds. The first-order valence-corrected chi connectivity index (χ1v) is 12.8. The Morgan fingerprint density at radius 2 is 1.83 bits per heavy atom. The minimum absolute atomic E-state index is 0.0428. The second kappa shape index (κ2) is 12.0. The summed E-state index contributed by atoms with van der Waals surface area (Å²) in [5.41, 5.74) is 3.88. The Labute approximate surface area is 215 Å². The van der Waals surface area contributed by atoms with Crippen molar-refractivity contribution < 1.29 is 9.53 Å². The van der Waals surface area contributed by atoms with Crippen LogP contribution in [0, 0.1) is 12.8 Å². The number of carbonyl (C=O) groups excluding carboxylic acids is 1. The van der Waals surface area contributed by atoms with Gasteiger partial charge in [-0.1, -0.05) is 60.7 Å². The summed E-state index contributed by atoms with van der Waals surface area (Å²) >= 11 is 0. The standard InChI is InChI=1S/C30H38N4O2/c1-23-21-28(33(3)31-23)30(35)32(2)27(22-24-11-6-5-7-12-24)25-16-19-34(20-17-25)18-10-14-26-13-8-9-15-29(26)36-4/h5-15,21,25,27H,16-20,22H2,1-4H3/b14-10+/t27-/m1/s1. The fourth-order valence-electron chi connectivity index (χ4n) is 5.27. The van der Waals surface area contributed by atoms with Gasteiger partial charge in [0.25, 0.3) is 5.91 Å². The normalized spacial score (nSPS) is 15.8. The molecule has 0 radical (unpaired) electrons. The molecule has 0 N–H and O–H groups in total. The molecule has 6 heteroatoms. The molecule has 0 bridgehead atoms. The van der Waals surface area contributed by atoms with Gasteiger partial charge in [-0.2, -0.15) is 5.10 Å². The topological polar surface area (TPSA) is 50.6 Å². The highest BCUT2D eigenvalue weighted by Crippen LogP contribution is 2.28. The van der Waals surface area contributed by atoms with Gasteiger partial charge in [0.1, 0.15) is 11.4 Å². The van der Waals surface area contributed by atoms with E-state index in [-0.39, 0.29) is 11.9 Å². The fourth-order valence-corrected chi connectivity index (χ4v) is 5.27. The van der Waals surface area contributed by atoms with Crippen LogP contribution in [0.2, 0.25) is 0 Å². The lowest BCUT2D eigenvalue weighted by Gasteiger charge is -2.40. The number of ether oxygens (including phenoxy) is 1. The Bertz CT molecular complexity index is 1160. The highest BCUT2D eigenvalue weighted by atomic mass is 16.5. The number of nitrogens with zero attached hydrogens (tertiary/aromatic N) is 4. The van der Waals surface area contributed by atoms with Gasteiger partial charge in [-0.05, 0) is 62.9 Å². The molecule has 36 heavy (non-hydrogen) atoms. The van der Waals surface area contributed by atoms with E-state index in [1.54, 1.807) is 11.8 Å². The molecule has 1 aliphatic rings. The fraction of sp³-hybridized carbons (Fsp3) is 0.400. The summed E-state index contributed by atoms with van der Waals surface area (Å²) in [6.07, 6.45) is 7.37. The highest BCUT2D eigenvalue weighted by Gasteiger charge is 2.32. The number of piperidine rings is 1. The molecular formula is C30H38N4O2. The number of benzene rings is 2. The first-order chi connectivity index (χ1) is 17.5. The van der Waals surface area contributed by atoms with Gasteiger partial charge >= 0.3 is 0 Å². The summed E-state index contributed by atoms with van der Waals surface area (Å²) in [4.78, 5) is 17.9. The van der Waals surface area contributed by atoms with E-state index in [2.05, 4.69) is 52.5 Å². The number of hydrogen-bond acceptors (Lipinski definition) is 4. The number of hydrogen-bond donors (Lipinski definition) is 0. The molecule has 1 aromatic heterocycles. The first kappa shape index (κ1) is 25.7. The molecule has 0 spiro atoms. The van der Waals surface area contributed by atoms with Crippen molar-refractivity contribution in [2.75, 3.05) is 33.8 Å². The summed E-state index contributed by atoms with van der Waals surface area (Å²) in [6.45, 7) is 4.89. The zero-order chi connectivity index (χ0) is 25.5. The van der Waals surface area contributed by atoms with Gasteiger partial charge in [0.2, 0.25) is 0 Å². The zero-order valence-electron chi connectivity index (χ0n) is 21.9. The van der Waals surface area contributed by atoms with Crippen LogP contribution in [0.15, 0.2) is 66.7 Å².